The van der Waals surface area contributed by atoms with Gasteiger partial charge in [-0.3, -0.25) is 0 Å². The second-order valence-corrected chi connectivity index (χ2v) is 4.65. The van der Waals surface area contributed by atoms with E-state index in [0.29, 0.717) is 0 Å². The van der Waals surface area contributed by atoms with Gasteiger partial charge in [-0.25, -0.2) is 0 Å². The number of hydrogen-bond acceptors (Lipinski definition) is 1. The molecule has 0 amide bonds. The van der Waals surface area contributed by atoms with Gasteiger partial charge in [0.2, 0.25) is 0 Å². The number of nitrogens with zero attached hydrogens (tertiary/aromatic N) is 1. The molecule has 14 heavy (non-hydrogen) atoms. The Bertz CT molecular complexity index is 127. The predicted octanol–water partition coefficient (Wildman–Crippen LogP) is 3.83. The van der Waals surface area contributed by atoms with E-state index in [-0.39, 0.29) is 0 Å². The van der Waals surface area contributed by atoms with Crippen molar-refractivity contribution in [3.8, 4) is 0 Å². The zero-order valence-corrected chi connectivity index (χ0v) is 10.1. The summed E-state index contributed by atoms with van der Waals surface area (Å²) in [6.07, 6.45) is 11.3. The minimum Gasteiger partial charge on any atom is -0.300 e. The predicted molar refractivity (Wildman–Crippen MR) is 63.6 cm³/mol. The molecule has 0 spiro atoms. The quantitative estimate of drug-likeness (QED) is 0.585. The lowest BCUT2D eigenvalue weighted by Crippen LogP contribution is -2.38. The van der Waals surface area contributed by atoms with Crippen LogP contribution in [0.4, 0.5) is 0 Å². The van der Waals surface area contributed by atoms with Gasteiger partial charge in [0.1, 0.15) is 0 Å². The number of rotatable bonds is 6. The van der Waals surface area contributed by atoms with E-state index in [9.17, 15) is 0 Å². The Morgan fingerprint density at radius 2 is 1.71 bits per heavy atom. The maximum atomic E-state index is 2.74. The molecule has 0 radical (unpaired) electrons. The average molecular weight is 197 g/mol. The molecule has 0 bridgehead atoms. The molecule has 0 aromatic carbocycles. The third kappa shape index (κ3) is 4.00. The lowest BCUT2D eigenvalue weighted by atomic mass is 10.0. The van der Waals surface area contributed by atoms with Crippen LogP contribution in [0, 0.1) is 0 Å². The van der Waals surface area contributed by atoms with Gasteiger partial charge in [0.15, 0.2) is 0 Å². The van der Waals surface area contributed by atoms with E-state index < -0.39 is 0 Å². The zero-order valence-electron chi connectivity index (χ0n) is 10.1. The van der Waals surface area contributed by atoms with E-state index in [1.165, 1.54) is 64.5 Å². The lowest BCUT2D eigenvalue weighted by Gasteiger charge is -2.34. The van der Waals surface area contributed by atoms with Crippen LogP contribution in [0.3, 0.4) is 0 Å². The smallest absolute Gasteiger partial charge is 0.00926 e. The lowest BCUT2D eigenvalue weighted by molar-refractivity contribution is 0.149. The Morgan fingerprint density at radius 1 is 1.00 bits per heavy atom. The first-order valence-electron chi connectivity index (χ1n) is 6.62. The summed E-state index contributed by atoms with van der Waals surface area (Å²) in [6.45, 7) is 7.38. The summed E-state index contributed by atoms with van der Waals surface area (Å²) in [6, 6.07) is 0.891. The summed E-state index contributed by atoms with van der Waals surface area (Å²) in [5.41, 5.74) is 0. The Kier molecular flexibility index (Phi) is 6.25. The average Bonchev–Trinajstić information content (AvgIpc) is 2.26. The van der Waals surface area contributed by atoms with Gasteiger partial charge >= 0.3 is 0 Å². The van der Waals surface area contributed by atoms with Crippen LogP contribution >= 0.6 is 0 Å². The first-order valence-corrected chi connectivity index (χ1v) is 6.62. The van der Waals surface area contributed by atoms with Crippen molar-refractivity contribution in [3.63, 3.8) is 0 Å². The van der Waals surface area contributed by atoms with E-state index in [4.69, 9.17) is 0 Å². The molecule has 84 valence electrons. The standard InChI is InChI=1S/C13H27N/c1-3-5-7-10-13(4-2)14-11-8-6-9-12-14/h13H,3-12H2,1-2H3. The van der Waals surface area contributed by atoms with Crippen molar-refractivity contribution in [1.29, 1.82) is 0 Å². The largest absolute Gasteiger partial charge is 0.300 e. The van der Waals surface area contributed by atoms with Gasteiger partial charge in [-0.05, 0) is 38.8 Å². The van der Waals surface area contributed by atoms with E-state index >= 15 is 0 Å². The van der Waals surface area contributed by atoms with Crippen LogP contribution in [0.2, 0.25) is 0 Å². The van der Waals surface area contributed by atoms with Gasteiger partial charge < -0.3 is 4.90 Å². The van der Waals surface area contributed by atoms with Gasteiger partial charge in [0.05, 0.1) is 0 Å². The fourth-order valence-corrected chi connectivity index (χ4v) is 2.56. The number of likely N-dealkylation sites (tertiary alicyclic amines) is 1. The maximum Gasteiger partial charge on any atom is 0.00926 e. The molecule has 1 saturated heterocycles. The molecule has 1 rings (SSSR count). The SMILES string of the molecule is CCCCCC(CC)N1CCCCC1. The molecule has 1 unspecified atom stereocenters. The summed E-state index contributed by atoms with van der Waals surface area (Å²) in [5, 5.41) is 0. The van der Waals surface area contributed by atoms with E-state index in [2.05, 4.69) is 18.7 Å². The topological polar surface area (TPSA) is 3.24 Å². The van der Waals surface area contributed by atoms with E-state index in [1.54, 1.807) is 0 Å². The Labute approximate surface area is 89.9 Å². The summed E-state index contributed by atoms with van der Waals surface area (Å²) in [5.74, 6) is 0. The highest BCUT2D eigenvalue weighted by atomic mass is 15.2. The summed E-state index contributed by atoms with van der Waals surface area (Å²) in [7, 11) is 0. The van der Waals surface area contributed by atoms with Gasteiger partial charge in [-0.2, -0.15) is 0 Å². The van der Waals surface area contributed by atoms with Crippen molar-refractivity contribution < 1.29 is 0 Å². The molecule has 0 aliphatic carbocycles. The number of unbranched alkanes of at least 4 members (excludes halogenated alkanes) is 2. The molecule has 0 N–H and O–H groups in total. The van der Waals surface area contributed by atoms with Crippen molar-refractivity contribution in [2.24, 2.45) is 0 Å². The highest BCUT2D eigenvalue weighted by Crippen LogP contribution is 2.18. The minimum absolute atomic E-state index is 0.891. The Morgan fingerprint density at radius 3 is 2.29 bits per heavy atom. The van der Waals surface area contributed by atoms with Crippen LogP contribution in [-0.4, -0.2) is 24.0 Å². The molecule has 1 heterocycles. The van der Waals surface area contributed by atoms with Crippen LogP contribution in [0.15, 0.2) is 0 Å². The fourth-order valence-electron chi connectivity index (χ4n) is 2.56. The molecule has 1 aliphatic heterocycles. The summed E-state index contributed by atoms with van der Waals surface area (Å²) < 4.78 is 0. The van der Waals surface area contributed by atoms with Crippen LogP contribution in [0.5, 0.6) is 0 Å². The molecular weight excluding hydrogens is 170 g/mol. The molecule has 1 aliphatic rings. The summed E-state index contributed by atoms with van der Waals surface area (Å²) >= 11 is 0. The zero-order chi connectivity index (χ0) is 10.2. The maximum absolute atomic E-state index is 2.74. The number of hydrogen-bond donors (Lipinski definition) is 0. The van der Waals surface area contributed by atoms with Crippen molar-refractivity contribution >= 4 is 0 Å². The van der Waals surface area contributed by atoms with Crippen molar-refractivity contribution in [1.82, 2.24) is 4.90 Å². The van der Waals surface area contributed by atoms with Crippen LogP contribution < -0.4 is 0 Å². The first-order chi connectivity index (χ1) is 6.88. The molecule has 1 nitrogen and oxygen atoms in total. The monoisotopic (exact) mass is 197 g/mol. The molecule has 0 saturated carbocycles. The second kappa shape index (κ2) is 7.28. The number of piperidine rings is 1. The van der Waals surface area contributed by atoms with Gasteiger partial charge in [-0.15, -0.1) is 0 Å². The van der Waals surface area contributed by atoms with Crippen molar-refractivity contribution in [2.75, 3.05) is 13.1 Å². The van der Waals surface area contributed by atoms with E-state index in [0.717, 1.165) is 6.04 Å². The fraction of sp³-hybridized carbons (Fsp3) is 1.00. The molecule has 1 atom stereocenters. The highest BCUT2D eigenvalue weighted by Gasteiger charge is 2.18. The third-order valence-electron chi connectivity index (χ3n) is 3.52. The van der Waals surface area contributed by atoms with Gasteiger partial charge in [-0.1, -0.05) is 39.5 Å². The minimum atomic E-state index is 0.891. The van der Waals surface area contributed by atoms with Crippen LogP contribution in [-0.2, 0) is 0 Å². The molecule has 1 fully saturated rings. The summed E-state index contributed by atoms with van der Waals surface area (Å²) in [4.78, 5) is 2.74. The Hall–Kier alpha value is -0.0400. The normalized spacial score (nSPS) is 21.0. The second-order valence-electron chi connectivity index (χ2n) is 4.65. The van der Waals surface area contributed by atoms with Crippen molar-refractivity contribution in [2.45, 2.75) is 71.3 Å². The molecule has 1 heteroatoms. The highest BCUT2D eigenvalue weighted by molar-refractivity contribution is 4.73. The molecule has 0 aromatic rings. The molecule has 0 aromatic heterocycles. The van der Waals surface area contributed by atoms with Gasteiger partial charge in [0, 0.05) is 6.04 Å². The van der Waals surface area contributed by atoms with Gasteiger partial charge in [0.25, 0.3) is 0 Å². The van der Waals surface area contributed by atoms with Crippen LogP contribution in [0.25, 0.3) is 0 Å². The first kappa shape index (κ1) is 12.0. The third-order valence-corrected chi connectivity index (χ3v) is 3.52. The molecular formula is C13H27N. The van der Waals surface area contributed by atoms with Crippen molar-refractivity contribution in [3.05, 3.63) is 0 Å². The Balaban J connectivity index is 2.21. The van der Waals surface area contributed by atoms with Crippen LogP contribution in [0.1, 0.15) is 65.2 Å². The van der Waals surface area contributed by atoms with E-state index in [1.807, 2.05) is 0 Å².